The van der Waals surface area contributed by atoms with Gasteiger partial charge in [0.25, 0.3) is 5.91 Å². The monoisotopic (exact) mass is 416 g/mol. The summed E-state index contributed by atoms with van der Waals surface area (Å²) in [7, 11) is 0. The van der Waals surface area contributed by atoms with Gasteiger partial charge in [0.05, 0.1) is 0 Å². The van der Waals surface area contributed by atoms with Gasteiger partial charge in [0.1, 0.15) is 17.2 Å². The summed E-state index contributed by atoms with van der Waals surface area (Å²) in [5.74, 6) is 2.21. The largest absolute Gasteiger partial charge is 0.451 e. The van der Waals surface area contributed by atoms with E-state index < -0.39 is 0 Å². The summed E-state index contributed by atoms with van der Waals surface area (Å²) in [6, 6.07) is 5.75. The first kappa shape index (κ1) is 17.3. The van der Waals surface area contributed by atoms with Gasteiger partial charge in [-0.15, -0.1) is 10.2 Å². The fraction of sp³-hybridized carbons (Fsp3) is 0.421. The van der Waals surface area contributed by atoms with E-state index in [0.717, 1.165) is 52.0 Å². The molecule has 6 nitrogen and oxygen atoms in total. The van der Waals surface area contributed by atoms with E-state index in [1.807, 2.05) is 25.1 Å². The normalized spacial score (nSPS) is 14.2. The Morgan fingerprint density at radius 1 is 1.31 bits per heavy atom. The number of aryl methyl sites for hydroxylation is 2. The molecule has 1 aromatic carbocycles. The molecule has 7 heteroatoms. The second-order valence-corrected chi connectivity index (χ2v) is 7.61. The zero-order valence-corrected chi connectivity index (χ0v) is 16.3. The third kappa shape index (κ3) is 3.28. The smallest absolute Gasteiger partial charge is 0.287 e. The Hall–Kier alpha value is -2.15. The molecule has 0 saturated carbocycles. The van der Waals surface area contributed by atoms with E-state index in [-0.39, 0.29) is 5.91 Å². The number of hydrogen-bond acceptors (Lipinski definition) is 4. The van der Waals surface area contributed by atoms with E-state index >= 15 is 0 Å². The van der Waals surface area contributed by atoms with Gasteiger partial charge in [-0.1, -0.05) is 22.4 Å². The number of fused-ring (bicyclic) bond motifs is 2. The van der Waals surface area contributed by atoms with Gasteiger partial charge >= 0.3 is 0 Å². The van der Waals surface area contributed by atoms with Crippen LogP contribution >= 0.6 is 15.9 Å². The minimum absolute atomic E-state index is 0.189. The minimum atomic E-state index is -0.189. The summed E-state index contributed by atoms with van der Waals surface area (Å²) in [5, 5.41) is 12.5. The highest BCUT2D eigenvalue weighted by Crippen LogP contribution is 2.28. The van der Waals surface area contributed by atoms with Crippen LogP contribution in [0, 0.1) is 6.92 Å². The molecule has 1 aliphatic heterocycles. The average Bonchev–Trinajstić information content (AvgIpc) is 3.06. The lowest BCUT2D eigenvalue weighted by Crippen LogP contribution is -2.26. The molecule has 1 aliphatic rings. The molecule has 0 saturated heterocycles. The molecule has 0 radical (unpaired) electrons. The highest BCUT2D eigenvalue weighted by molar-refractivity contribution is 9.10. The predicted octanol–water partition coefficient (Wildman–Crippen LogP) is 3.79. The van der Waals surface area contributed by atoms with Gasteiger partial charge in [-0.25, -0.2) is 0 Å². The molecule has 0 fully saturated rings. The summed E-state index contributed by atoms with van der Waals surface area (Å²) in [4.78, 5) is 12.5. The van der Waals surface area contributed by atoms with Crippen LogP contribution in [0.15, 0.2) is 27.1 Å². The van der Waals surface area contributed by atoms with Crippen LogP contribution in [0.4, 0.5) is 0 Å². The molecule has 26 heavy (non-hydrogen) atoms. The summed E-state index contributed by atoms with van der Waals surface area (Å²) in [5.41, 5.74) is 1.58. The van der Waals surface area contributed by atoms with Crippen molar-refractivity contribution >= 4 is 32.8 Å². The fourth-order valence-electron chi connectivity index (χ4n) is 3.51. The van der Waals surface area contributed by atoms with Gasteiger partial charge in [0.15, 0.2) is 5.76 Å². The van der Waals surface area contributed by atoms with Gasteiger partial charge in [-0.05, 0) is 38.0 Å². The molecule has 136 valence electrons. The first-order valence-electron chi connectivity index (χ1n) is 9.01. The van der Waals surface area contributed by atoms with Crippen molar-refractivity contribution in [3.05, 3.63) is 45.6 Å². The number of nitrogens with one attached hydrogen (secondary N) is 1. The second-order valence-electron chi connectivity index (χ2n) is 6.70. The van der Waals surface area contributed by atoms with E-state index in [4.69, 9.17) is 4.42 Å². The Balaban J connectivity index is 1.43. The fourth-order valence-corrected chi connectivity index (χ4v) is 3.87. The molecule has 0 atom stereocenters. The highest BCUT2D eigenvalue weighted by Gasteiger charge is 2.18. The maximum absolute atomic E-state index is 12.5. The molecule has 0 spiro atoms. The number of rotatable bonds is 4. The van der Waals surface area contributed by atoms with Crippen LogP contribution < -0.4 is 5.32 Å². The standard InChI is InChI=1S/C19H21BrN4O2/c1-12-14-11-13(20)6-7-15(14)26-18(12)19(25)21-9-8-17-23-22-16-5-3-2-4-10-24(16)17/h6-7,11H,2-5,8-10H2,1H3,(H,21,25). The molecular formula is C19H21BrN4O2. The summed E-state index contributed by atoms with van der Waals surface area (Å²) in [6.45, 7) is 3.39. The Kier molecular flexibility index (Phi) is 4.80. The Morgan fingerprint density at radius 3 is 3.08 bits per heavy atom. The van der Waals surface area contributed by atoms with Gasteiger partial charge in [-0.2, -0.15) is 0 Å². The van der Waals surface area contributed by atoms with Crippen LogP contribution in [-0.4, -0.2) is 27.2 Å². The maximum atomic E-state index is 12.5. The van der Waals surface area contributed by atoms with Crippen molar-refractivity contribution in [2.75, 3.05) is 6.54 Å². The number of furan rings is 1. The molecular weight excluding hydrogens is 396 g/mol. The number of aromatic nitrogens is 3. The molecule has 0 unspecified atom stereocenters. The van der Waals surface area contributed by atoms with Crippen molar-refractivity contribution < 1.29 is 9.21 Å². The molecule has 3 aromatic rings. The van der Waals surface area contributed by atoms with Crippen LogP contribution in [0.3, 0.4) is 0 Å². The minimum Gasteiger partial charge on any atom is -0.451 e. The summed E-state index contributed by atoms with van der Waals surface area (Å²) >= 11 is 3.46. The first-order chi connectivity index (χ1) is 12.6. The second kappa shape index (κ2) is 7.23. The highest BCUT2D eigenvalue weighted by atomic mass is 79.9. The van der Waals surface area contributed by atoms with Crippen molar-refractivity contribution in [1.82, 2.24) is 20.1 Å². The molecule has 1 N–H and O–H groups in total. The Labute approximate surface area is 160 Å². The lowest BCUT2D eigenvalue weighted by Gasteiger charge is -2.07. The van der Waals surface area contributed by atoms with Gasteiger partial charge in [0.2, 0.25) is 0 Å². The zero-order chi connectivity index (χ0) is 18.1. The Bertz CT molecular complexity index is 960. The number of carbonyl (C=O) groups excluding carboxylic acids is 1. The molecule has 1 amide bonds. The molecule has 2 aromatic heterocycles. The topological polar surface area (TPSA) is 73.0 Å². The third-order valence-corrected chi connectivity index (χ3v) is 5.42. The van der Waals surface area contributed by atoms with Crippen molar-refractivity contribution in [3.8, 4) is 0 Å². The van der Waals surface area contributed by atoms with Crippen LogP contribution in [0.25, 0.3) is 11.0 Å². The van der Waals surface area contributed by atoms with Crippen molar-refractivity contribution in [2.24, 2.45) is 0 Å². The van der Waals surface area contributed by atoms with E-state index in [2.05, 4.69) is 36.0 Å². The van der Waals surface area contributed by atoms with Gasteiger partial charge in [0, 0.05) is 41.4 Å². The predicted molar refractivity (Wildman–Crippen MR) is 102 cm³/mol. The van der Waals surface area contributed by atoms with Gasteiger partial charge < -0.3 is 14.3 Å². The quantitative estimate of drug-likeness (QED) is 0.701. The first-order valence-corrected chi connectivity index (χ1v) is 9.80. The number of amides is 1. The van der Waals surface area contributed by atoms with E-state index in [9.17, 15) is 4.79 Å². The maximum Gasteiger partial charge on any atom is 0.287 e. The SMILES string of the molecule is Cc1c(C(=O)NCCc2nnc3n2CCCCC3)oc2ccc(Br)cc12. The van der Waals surface area contributed by atoms with Crippen molar-refractivity contribution in [3.63, 3.8) is 0 Å². The molecule has 0 bridgehead atoms. The van der Waals surface area contributed by atoms with Crippen molar-refractivity contribution in [2.45, 2.75) is 45.6 Å². The van der Waals surface area contributed by atoms with Gasteiger partial charge in [-0.3, -0.25) is 4.79 Å². The Morgan fingerprint density at radius 2 is 2.19 bits per heavy atom. The average molecular weight is 417 g/mol. The van der Waals surface area contributed by atoms with Crippen LogP contribution in [-0.2, 0) is 19.4 Å². The zero-order valence-electron chi connectivity index (χ0n) is 14.7. The lowest BCUT2D eigenvalue weighted by molar-refractivity contribution is 0.0927. The number of benzene rings is 1. The van der Waals surface area contributed by atoms with E-state index in [1.165, 1.54) is 12.8 Å². The number of hydrogen-bond donors (Lipinski definition) is 1. The number of halogens is 1. The van der Waals surface area contributed by atoms with Crippen molar-refractivity contribution in [1.29, 1.82) is 0 Å². The van der Waals surface area contributed by atoms with Crippen LogP contribution in [0.2, 0.25) is 0 Å². The number of nitrogens with zero attached hydrogens (tertiary/aromatic N) is 3. The summed E-state index contributed by atoms with van der Waals surface area (Å²) in [6.07, 6.45) is 5.24. The van der Waals surface area contributed by atoms with E-state index in [0.29, 0.717) is 18.7 Å². The third-order valence-electron chi connectivity index (χ3n) is 4.92. The molecule has 4 rings (SSSR count). The summed E-state index contributed by atoms with van der Waals surface area (Å²) < 4.78 is 8.92. The number of carbonyl (C=O) groups is 1. The van der Waals surface area contributed by atoms with Crippen LogP contribution in [0.1, 0.15) is 47.0 Å². The lowest BCUT2D eigenvalue weighted by atomic mass is 10.1. The molecule has 0 aliphatic carbocycles. The molecule has 3 heterocycles. The van der Waals surface area contributed by atoms with Crippen LogP contribution in [0.5, 0.6) is 0 Å². The van der Waals surface area contributed by atoms with E-state index in [1.54, 1.807) is 0 Å².